The van der Waals surface area contributed by atoms with Crippen LogP contribution >= 0.6 is 0 Å². The van der Waals surface area contributed by atoms with E-state index in [2.05, 4.69) is 9.71 Å². The second-order valence-electron chi connectivity index (χ2n) is 10.1. The number of piperidine rings is 1. The number of benzene rings is 3. The van der Waals surface area contributed by atoms with E-state index in [0.29, 0.717) is 23.2 Å². The average molecular weight is 588 g/mol. The Morgan fingerprint density at radius 1 is 1.07 bits per heavy atom. The summed E-state index contributed by atoms with van der Waals surface area (Å²) in [5.41, 5.74) is 0.213. The minimum atomic E-state index is -4.46. The Kier molecular flexibility index (Phi) is 8.89. The van der Waals surface area contributed by atoms with Crippen molar-refractivity contribution in [2.45, 2.75) is 56.2 Å². The van der Waals surface area contributed by atoms with Gasteiger partial charge in [0, 0.05) is 37.0 Å². The number of aliphatic hydroxyl groups is 1. The number of hydrogen-bond donors (Lipinski definition) is 2. The molecule has 2 N–H and O–H groups in total. The zero-order chi connectivity index (χ0) is 29.8. The predicted octanol–water partition coefficient (Wildman–Crippen LogP) is 6.00. The zero-order valence-corrected chi connectivity index (χ0v) is 23.6. The molecule has 0 radical (unpaired) electrons. The van der Waals surface area contributed by atoms with Gasteiger partial charge in [-0.3, -0.25) is 14.5 Å². The number of nitrogens with zero attached hydrogens (tertiary/aromatic N) is 2. The number of rotatable bonds is 8. The number of halogens is 3. The van der Waals surface area contributed by atoms with Gasteiger partial charge in [0.2, 0.25) is 0 Å². The van der Waals surface area contributed by atoms with Crippen LogP contribution in [0.25, 0.3) is 0 Å². The molecular formula is C30H32F3N3O4S. The lowest BCUT2D eigenvalue weighted by Gasteiger charge is -2.38. The lowest BCUT2D eigenvalue weighted by Crippen LogP contribution is -2.47. The number of para-hydroxylation sites is 1. The molecule has 1 aliphatic heterocycles. The maximum Gasteiger partial charge on any atom is 0.416 e. The minimum Gasteiger partial charge on any atom is -0.389 e. The molecule has 0 saturated carbocycles. The summed E-state index contributed by atoms with van der Waals surface area (Å²) in [7, 11) is -3.95. The van der Waals surface area contributed by atoms with Gasteiger partial charge >= 0.3 is 6.18 Å². The summed E-state index contributed by atoms with van der Waals surface area (Å²) < 4.78 is 68.0. The van der Waals surface area contributed by atoms with Crippen molar-refractivity contribution in [2.75, 3.05) is 17.8 Å². The van der Waals surface area contributed by atoms with Crippen molar-refractivity contribution in [3.8, 4) is 0 Å². The van der Waals surface area contributed by atoms with Crippen molar-refractivity contribution in [3.63, 3.8) is 0 Å². The van der Waals surface area contributed by atoms with Crippen LogP contribution in [-0.4, -0.2) is 49.2 Å². The zero-order valence-electron chi connectivity index (χ0n) is 22.8. The van der Waals surface area contributed by atoms with Crippen LogP contribution in [0.2, 0.25) is 0 Å². The molecule has 1 amide bonds. The van der Waals surface area contributed by atoms with Gasteiger partial charge in [-0.1, -0.05) is 37.3 Å². The second-order valence-corrected chi connectivity index (χ2v) is 11.7. The van der Waals surface area contributed by atoms with E-state index in [4.69, 9.17) is 0 Å². The monoisotopic (exact) mass is 587 g/mol. The number of carbonyl (C=O) groups excluding carboxylic acids is 1. The molecule has 218 valence electrons. The Balaban J connectivity index is 1.40. The third-order valence-corrected chi connectivity index (χ3v) is 8.58. The summed E-state index contributed by atoms with van der Waals surface area (Å²) in [6.45, 7) is 4.10. The van der Waals surface area contributed by atoms with Crippen LogP contribution in [0.1, 0.15) is 53.7 Å². The number of carbonyl (C=O) groups is 1. The summed E-state index contributed by atoms with van der Waals surface area (Å²) in [6.07, 6.45) is -1.82. The molecule has 1 aliphatic rings. The highest BCUT2D eigenvalue weighted by atomic mass is 32.2. The van der Waals surface area contributed by atoms with Gasteiger partial charge in [0.25, 0.3) is 15.9 Å². The summed E-state index contributed by atoms with van der Waals surface area (Å²) in [6, 6.07) is 16.0. The summed E-state index contributed by atoms with van der Waals surface area (Å²) in [5, 5.41) is 11.0. The van der Waals surface area contributed by atoms with Crippen LogP contribution in [0.4, 0.5) is 24.5 Å². The smallest absolute Gasteiger partial charge is 0.389 e. The number of aliphatic imine (C=N–C) groups is 1. The Morgan fingerprint density at radius 3 is 2.34 bits per heavy atom. The van der Waals surface area contributed by atoms with E-state index in [1.807, 2.05) is 13.0 Å². The van der Waals surface area contributed by atoms with Gasteiger partial charge in [-0.15, -0.1) is 0 Å². The Labute approximate surface area is 237 Å². The first-order valence-corrected chi connectivity index (χ1v) is 14.7. The quantitative estimate of drug-likeness (QED) is 0.316. The van der Waals surface area contributed by atoms with Crippen molar-refractivity contribution in [1.29, 1.82) is 0 Å². The van der Waals surface area contributed by atoms with Gasteiger partial charge in [-0.2, -0.15) is 13.2 Å². The number of sulfonamides is 1. The van der Waals surface area contributed by atoms with Crippen LogP contribution in [0.15, 0.2) is 76.6 Å². The van der Waals surface area contributed by atoms with E-state index in [1.54, 1.807) is 30.2 Å². The topological polar surface area (TPSA) is 99.1 Å². The van der Waals surface area contributed by atoms with E-state index in [-0.39, 0.29) is 48.8 Å². The largest absolute Gasteiger partial charge is 0.416 e. The number of alkyl halides is 3. The van der Waals surface area contributed by atoms with E-state index in [0.717, 1.165) is 17.7 Å². The van der Waals surface area contributed by atoms with Crippen LogP contribution in [0.3, 0.4) is 0 Å². The van der Waals surface area contributed by atoms with Gasteiger partial charge < -0.3 is 10.0 Å². The fourth-order valence-corrected chi connectivity index (χ4v) is 6.21. The normalized spacial score (nSPS) is 15.7. The van der Waals surface area contributed by atoms with E-state index in [9.17, 15) is 31.5 Å². The number of amides is 1. The molecule has 0 spiro atoms. The molecule has 3 aromatic carbocycles. The highest BCUT2D eigenvalue weighted by Crippen LogP contribution is 2.33. The molecule has 1 heterocycles. The van der Waals surface area contributed by atoms with Gasteiger partial charge in [-0.05, 0) is 73.7 Å². The summed E-state index contributed by atoms with van der Waals surface area (Å²) in [4.78, 5) is 19.0. The first-order chi connectivity index (χ1) is 19.3. The van der Waals surface area contributed by atoms with Crippen molar-refractivity contribution in [3.05, 3.63) is 89.0 Å². The van der Waals surface area contributed by atoms with E-state index in [1.165, 1.54) is 36.4 Å². The fraction of sp³-hybridized carbons (Fsp3) is 0.333. The van der Waals surface area contributed by atoms with E-state index >= 15 is 0 Å². The van der Waals surface area contributed by atoms with Gasteiger partial charge in [-0.25, -0.2) is 8.42 Å². The van der Waals surface area contributed by atoms with Crippen molar-refractivity contribution in [2.24, 2.45) is 4.99 Å². The molecule has 3 aromatic rings. The fourth-order valence-electron chi connectivity index (χ4n) is 4.96. The number of nitrogens with one attached hydrogen (secondary N) is 1. The lowest BCUT2D eigenvalue weighted by molar-refractivity contribution is -0.137. The molecule has 0 atom stereocenters. The molecule has 0 bridgehead atoms. The maximum atomic E-state index is 13.2. The Morgan fingerprint density at radius 2 is 1.73 bits per heavy atom. The molecule has 11 heteroatoms. The Bertz CT molecular complexity index is 1530. The standard InChI is InChI=1S/C30H32F3N3O4S/c1-3-22-8-6-10-26(27(22)34-4-2)41(39,40)35-25-13-11-23(12-14-25)28(37)36-17-15-29(38,16-18-36)20-21-7-5-9-24(19-21)30(31,32)33/h4-14,19,35,38H,3,15-18,20H2,1-2H3. The summed E-state index contributed by atoms with van der Waals surface area (Å²) in [5.74, 6) is -0.282. The van der Waals surface area contributed by atoms with Crippen molar-refractivity contribution in [1.82, 2.24) is 4.90 Å². The predicted molar refractivity (Wildman–Crippen MR) is 152 cm³/mol. The molecule has 7 nitrogen and oxygen atoms in total. The van der Waals surface area contributed by atoms with Crippen molar-refractivity contribution >= 4 is 33.5 Å². The molecule has 1 fully saturated rings. The number of anilines is 1. The number of hydrogen-bond acceptors (Lipinski definition) is 5. The molecule has 1 saturated heterocycles. The first-order valence-electron chi connectivity index (χ1n) is 13.3. The van der Waals surface area contributed by atoms with Gasteiger partial charge in [0.05, 0.1) is 16.9 Å². The third-order valence-electron chi connectivity index (χ3n) is 7.16. The Hall–Kier alpha value is -3.70. The number of likely N-dealkylation sites (tertiary alicyclic amines) is 1. The molecule has 0 aliphatic carbocycles. The number of aryl methyl sites for hydroxylation is 1. The lowest BCUT2D eigenvalue weighted by atomic mass is 9.85. The highest BCUT2D eigenvalue weighted by molar-refractivity contribution is 7.92. The van der Waals surface area contributed by atoms with Gasteiger partial charge in [0.15, 0.2) is 0 Å². The molecule has 4 rings (SSSR count). The van der Waals surface area contributed by atoms with Crippen LogP contribution in [0.5, 0.6) is 0 Å². The van der Waals surface area contributed by atoms with Gasteiger partial charge in [0.1, 0.15) is 4.90 Å². The molecular weight excluding hydrogens is 555 g/mol. The minimum absolute atomic E-state index is 0.0558. The maximum absolute atomic E-state index is 13.2. The molecule has 0 aromatic heterocycles. The van der Waals surface area contributed by atoms with Crippen LogP contribution in [-0.2, 0) is 29.0 Å². The van der Waals surface area contributed by atoms with Crippen molar-refractivity contribution < 1.29 is 31.5 Å². The second kappa shape index (κ2) is 12.0. The summed E-state index contributed by atoms with van der Waals surface area (Å²) >= 11 is 0. The third kappa shape index (κ3) is 7.15. The molecule has 41 heavy (non-hydrogen) atoms. The average Bonchev–Trinajstić information content (AvgIpc) is 2.93. The van der Waals surface area contributed by atoms with Crippen LogP contribution in [0, 0.1) is 0 Å². The first kappa shape index (κ1) is 30.3. The SMILES string of the molecule is CC=Nc1c(CC)cccc1S(=O)(=O)Nc1ccc(C(=O)N2CCC(O)(Cc3cccc(C(F)(F)F)c3)CC2)cc1. The molecule has 0 unspecified atom stereocenters. The van der Waals surface area contributed by atoms with E-state index < -0.39 is 27.4 Å². The van der Waals surface area contributed by atoms with Crippen LogP contribution < -0.4 is 4.72 Å². The highest BCUT2D eigenvalue weighted by Gasteiger charge is 2.36.